The first-order chi connectivity index (χ1) is 9.47. The van der Waals surface area contributed by atoms with Crippen LogP contribution in [-0.4, -0.2) is 30.2 Å². The van der Waals surface area contributed by atoms with Crippen LogP contribution in [0.25, 0.3) is 0 Å². The van der Waals surface area contributed by atoms with Gasteiger partial charge in [-0.3, -0.25) is 4.79 Å². The van der Waals surface area contributed by atoms with E-state index in [1.807, 2.05) is 0 Å². The average molecular weight is 282 g/mol. The summed E-state index contributed by atoms with van der Waals surface area (Å²) in [5.41, 5.74) is 0.936. The van der Waals surface area contributed by atoms with Gasteiger partial charge in [0.15, 0.2) is 0 Å². The summed E-state index contributed by atoms with van der Waals surface area (Å²) in [7, 11) is 0. The number of aliphatic carboxylic acids is 1. The summed E-state index contributed by atoms with van der Waals surface area (Å²) in [6.45, 7) is 2.51. The molecule has 110 valence electrons. The molecule has 0 aliphatic carbocycles. The van der Waals surface area contributed by atoms with Crippen LogP contribution in [0.2, 0.25) is 0 Å². The zero-order chi connectivity index (χ0) is 15.0. The van der Waals surface area contributed by atoms with E-state index in [0.29, 0.717) is 19.5 Å². The Balaban J connectivity index is 2.17. The monoisotopic (exact) mass is 282 g/mol. The molecule has 0 fully saturated rings. The number of carboxylic acids is 1. The zero-order valence-electron chi connectivity index (χ0n) is 11.4. The van der Waals surface area contributed by atoms with E-state index in [-0.39, 0.29) is 24.2 Å². The predicted octanol–water partition coefficient (Wildman–Crippen LogP) is 1.78. The molecule has 2 amide bonds. The number of halogens is 1. The predicted molar refractivity (Wildman–Crippen MR) is 72.9 cm³/mol. The molecule has 1 aromatic carbocycles. The van der Waals surface area contributed by atoms with E-state index in [9.17, 15) is 14.0 Å². The van der Waals surface area contributed by atoms with Gasteiger partial charge in [0.1, 0.15) is 5.82 Å². The van der Waals surface area contributed by atoms with Crippen LogP contribution in [0.3, 0.4) is 0 Å². The van der Waals surface area contributed by atoms with Crippen LogP contribution in [0.4, 0.5) is 9.18 Å². The lowest BCUT2D eigenvalue weighted by Gasteiger charge is -2.11. The Bertz CT molecular complexity index is 448. The van der Waals surface area contributed by atoms with Crippen molar-refractivity contribution in [2.24, 2.45) is 5.92 Å². The Morgan fingerprint density at radius 2 is 1.90 bits per heavy atom. The Morgan fingerprint density at radius 3 is 2.50 bits per heavy atom. The molecule has 1 aromatic rings. The van der Waals surface area contributed by atoms with E-state index in [2.05, 4.69) is 10.6 Å². The fraction of sp³-hybridized carbons (Fsp3) is 0.429. The number of carboxylic acid groups (broad SMARTS) is 1. The van der Waals surface area contributed by atoms with Gasteiger partial charge < -0.3 is 15.7 Å². The summed E-state index contributed by atoms with van der Waals surface area (Å²) in [4.78, 5) is 21.9. The third-order valence-corrected chi connectivity index (χ3v) is 2.75. The molecule has 5 nitrogen and oxygen atoms in total. The first-order valence-electron chi connectivity index (χ1n) is 6.45. The smallest absolute Gasteiger partial charge is 0.314 e. The van der Waals surface area contributed by atoms with Gasteiger partial charge in [-0.25, -0.2) is 9.18 Å². The molecule has 0 aliphatic heterocycles. The van der Waals surface area contributed by atoms with Crippen LogP contribution in [0, 0.1) is 11.7 Å². The van der Waals surface area contributed by atoms with Crippen LogP contribution >= 0.6 is 0 Å². The molecule has 1 rings (SSSR count). The molecule has 6 heteroatoms. The normalized spacial score (nSPS) is 11.7. The van der Waals surface area contributed by atoms with Crippen molar-refractivity contribution >= 4 is 12.0 Å². The van der Waals surface area contributed by atoms with Crippen molar-refractivity contribution in [3.8, 4) is 0 Å². The maximum absolute atomic E-state index is 12.7. The van der Waals surface area contributed by atoms with Gasteiger partial charge in [0.2, 0.25) is 0 Å². The van der Waals surface area contributed by atoms with Crippen molar-refractivity contribution in [1.82, 2.24) is 10.6 Å². The molecule has 0 saturated carbocycles. The van der Waals surface area contributed by atoms with Gasteiger partial charge >= 0.3 is 12.0 Å². The number of hydrogen-bond donors (Lipinski definition) is 3. The first kappa shape index (κ1) is 15.9. The van der Waals surface area contributed by atoms with E-state index < -0.39 is 5.97 Å². The second-order valence-electron chi connectivity index (χ2n) is 4.72. The van der Waals surface area contributed by atoms with Crippen LogP contribution in [0.1, 0.15) is 18.9 Å². The largest absolute Gasteiger partial charge is 0.481 e. The summed E-state index contributed by atoms with van der Waals surface area (Å²) in [5.74, 6) is -1.28. The molecule has 0 aromatic heterocycles. The second kappa shape index (κ2) is 8.14. The summed E-state index contributed by atoms with van der Waals surface area (Å²) >= 11 is 0. The molecule has 0 spiro atoms. The number of urea groups is 1. The molecule has 1 unspecified atom stereocenters. The van der Waals surface area contributed by atoms with Gasteiger partial charge in [0.05, 0.1) is 0 Å². The summed E-state index contributed by atoms with van der Waals surface area (Å²) < 4.78 is 12.7. The Morgan fingerprint density at radius 1 is 1.25 bits per heavy atom. The minimum absolute atomic E-state index is 0.0237. The molecule has 20 heavy (non-hydrogen) atoms. The third kappa shape index (κ3) is 6.72. The number of hydrogen-bond acceptors (Lipinski definition) is 2. The molecule has 1 atom stereocenters. The van der Waals surface area contributed by atoms with Crippen molar-refractivity contribution in [1.29, 1.82) is 0 Å². The molecule has 0 saturated heterocycles. The van der Waals surface area contributed by atoms with Crippen molar-refractivity contribution in [3.63, 3.8) is 0 Å². The van der Waals surface area contributed by atoms with Gasteiger partial charge in [-0.05, 0) is 30.0 Å². The van der Waals surface area contributed by atoms with Crippen LogP contribution in [-0.2, 0) is 11.2 Å². The lowest BCUT2D eigenvalue weighted by atomic mass is 10.1. The second-order valence-corrected chi connectivity index (χ2v) is 4.72. The third-order valence-electron chi connectivity index (χ3n) is 2.75. The van der Waals surface area contributed by atoms with E-state index in [0.717, 1.165) is 5.56 Å². The summed E-state index contributed by atoms with van der Waals surface area (Å²) in [6, 6.07) is 5.77. The highest BCUT2D eigenvalue weighted by molar-refractivity contribution is 5.74. The number of rotatable bonds is 7. The molecular weight excluding hydrogens is 263 g/mol. The summed E-state index contributed by atoms with van der Waals surface area (Å²) in [6.07, 6.45) is 0.633. The van der Waals surface area contributed by atoms with Crippen molar-refractivity contribution in [2.75, 3.05) is 13.1 Å². The lowest BCUT2D eigenvalue weighted by molar-refractivity contribution is -0.137. The molecule has 0 bridgehead atoms. The van der Waals surface area contributed by atoms with E-state index in [1.54, 1.807) is 19.1 Å². The molecule has 0 radical (unpaired) electrons. The fourth-order valence-electron chi connectivity index (χ4n) is 1.67. The first-order valence-corrected chi connectivity index (χ1v) is 6.45. The van der Waals surface area contributed by atoms with E-state index in [4.69, 9.17) is 5.11 Å². The number of carbonyl (C=O) groups is 2. The van der Waals surface area contributed by atoms with Crippen LogP contribution < -0.4 is 10.6 Å². The van der Waals surface area contributed by atoms with Gasteiger partial charge in [-0.15, -0.1) is 0 Å². The molecule has 3 N–H and O–H groups in total. The van der Waals surface area contributed by atoms with Crippen LogP contribution in [0.5, 0.6) is 0 Å². The molecule has 0 aliphatic rings. The van der Waals surface area contributed by atoms with Gasteiger partial charge in [0.25, 0.3) is 0 Å². The van der Waals surface area contributed by atoms with Crippen molar-refractivity contribution in [3.05, 3.63) is 35.6 Å². The van der Waals surface area contributed by atoms with E-state index >= 15 is 0 Å². The minimum Gasteiger partial charge on any atom is -0.481 e. The quantitative estimate of drug-likeness (QED) is 0.713. The molecular formula is C14H19FN2O3. The van der Waals surface area contributed by atoms with Crippen molar-refractivity contribution < 1.29 is 19.1 Å². The summed E-state index contributed by atoms with van der Waals surface area (Å²) in [5, 5.41) is 13.9. The van der Waals surface area contributed by atoms with Crippen molar-refractivity contribution in [2.45, 2.75) is 19.8 Å². The average Bonchev–Trinajstić information content (AvgIpc) is 2.38. The standard InChI is InChI=1S/C14H19FN2O3/c1-10(8-13(18)19)9-17-14(20)16-7-6-11-2-4-12(15)5-3-11/h2-5,10H,6-9H2,1H3,(H,18,19)(H2,16,17,20). The zero-order valence-corrected chi connectivity index (χ0v) is 11.4. The maximum Gasteiger partial charge on any atom is 0.314 e. The number of benzene rings is 1. The highest BCUT2D eigenvalue weighted by Gasteiger charge is 2.08. The number of amides is 2. The number of nitrogens with one attached hydrogen (secondary N) is 2. The Hall–Kier alpha value is -2.11. The van der Waals surface area contributed by atoms with Gasteiger partial charge in [-0.1, -0.05) is 19.1 Å². The highest BCUT2D eigenvalue weighted by Crippen LogP contribution is 2.02. The Kier molecular flexibility index (Phi) is 6.49. The van der Waals surface area contributed by atoms with Gasteiger partial charge in [-0.2, -0.15) is 0 Å². The highest BCUT2D eigenvalue weighted by atomic mass is 19.1. The van der Waals surface area contributed by atoms with Gasteiger partial charge in [0, 0.05) is 19.5 Å². The Labute approximate surface area is 117 Å². The number of carbonyl (C=O) groups excluding carboxylic acids is 1. The van der Waals surface area contributed by atoms with Crippen LogP contribution in [0.15, 0.2) is 24.3 Å². The SMILES string of the molecule is CC(CNC(=O)NCCc1ccc(F)cc1)CC(=O)O. The lowest BCUT2D eigenvalue weighted by Crippen LogP contribution is -2.39. The maximum atomic E-state index is 12.7. The minimum atomic E-state index is -0.879. The topological polar surface area (TPSA) is 78.4 Å². The fourth-order valence-corrected chi connectivity index (χ4v) is 1.67. The van der Waals surface area contributed by atoms with E-state index in [1.165, 1.54) is 12.1 Å². The molecule has 0 heterocycles.